The van der Waals surface area contributed by atoms with Gasteiger partial charge >= 0.3 is 6.01 Å². The average molecular weight is 283 g/mol. The summed E-state index contributed by atoms with van der Waals surface area (Å²) in [5.41, 5.74) is 4.08. The predicted molar refractivity (Wildman–Crippen MR) is 82.2 cm³/mol. The highest BCUT2D eigenvalue weighted by atomic mass is 16.5. The first-order valence-electron chi connectivity index (χ1n) is 7.41. The van der Waals surface area contributed by atoms with Gasteiger partial charge in [-0.25, -0.2) is 9.97 Å². The highest BCUT2D eigenvalue weighted by molar-refractivity contribution is 5.32. The molecule has 4 nitrogen and oxygen atoms in total. The van der Waals surface area contributed by atoms with Crippen LogP contribution in [-0.4, -0.2) is 29.0 Å². The van der Waals surface area contributed by atoms with Gasteiger partial charge in [-0.05, 0) is 37.4 Å². The Morgan fingerprint density at radius 1 is 1.24 bits per heavy atom. The van der Waals surface area contributed by atoms with Crippen molar-refractivity contribution in [1.29, 1.82) is 0 Å². The lowest BCUT2D eigenvalue weighted by Gasteiger charge is -2.33. The summed E-state index contributed by atoms with van der Waals surface area (Å²) in [4.78, 5) is 10.8. The molecule has 0 fully saturated rings. The lowest BCUT2D eigenvalue weighted by Crippen LogP contribution is -2.27. The largest absolute Gasteiger partial charge is 0.467 e. The SMILES string of the molecule is COc1ncc(CN(C)C2CCCc3ccccc32)cn1. The number of fused-ring (bicyclic) bond motifs is 1. The predicted octanol–water partition coefficient (Wildman–Crippen LogP) is 2.99. The second-order valence-corrected chi connectivity index (χ2v) is 5.60. The molecule has 1 aliphatic carbocycles. The van der Waals surface area contributed by atoms with E-state index in [1.807, 2.05) is 12.4 Å². The summed E-state index contributed by atoms with van der Waals surface area (Å²) >= 11 is 0. The summed E-state index contributed by atoms with van der Waals surface area (Å²) in [5, 5.41) is 0. The standard InChI is InChI=1S/C17H21N3O/c1-20(12-13-10-18-17(21-2)19-11-13)16-9-5-7-14-6-3-4-8-15(14)16/h3-4,6,8,10-11,16H,5,7,9,12H2,1-2H3. The highest BCUT2D eigenvalue weighted by Gasteiger charge is 2.23. The fraction of sp³-hybridized carbons (Fsp3) is 0.412. The van der Waals surface area contributed by atoms with Gasteiger partial charge in [-0.1, -0.05) is 24.3 Å². The minimum atomic E-state index is 0.421. The average Bonchev–Trinajstić information content (AvgIpc) is 2.55. The number of methoxy groups -OCH3 is 1. The maximum absolute atomic E-state index is 5.00. The molecule has 1 aromatic heterocycles. The van der Waals surface area contributed by atoms with Crippen LogP contribution in [0.4, 0.5) is 0 Å². The van der Waals surface area contributed by atoms with Crippen molar-refractivity contribution in [2.24, 2.45) is 0 Å². The van der Waals surface area contributed by atoms with E-state index in [9.17, 15) is 0 Å². The molecule has 3 rings (SSSR count). The fourth-order valence-electron chi connectivity index (χ4n) is 3.11. The molecule has 1 unspecified atom stereocenters. The van der Waals surface area contributed by atoms with Gasteiger partial charge in [0, 0.05) is 30.5 Å². The molecule has 0 N–H and O–H groups in total. The molecule has 0 saturated carbocycles. The van der Waals surface area contributed by atoms with Crippen molar-refractivity contribution in [3.05, 3.63) is 53.3 Å². The third kappa shape index (κ3) is 3.05. The number of aromatic nitrogens is 2. The lowest BCUT2D eigenvalue weighted by atomic mass is 9.87. The molecule has 0 saturated heterocycles. The van der Waals surface area contributed by atoms with E-state index < -0.39 is 0 Å². The Labute approximate surface area is 125 Å². The Morgan fingerprint density at radius 2 is 2.00 bits per heavy atom. The molecule has 0 amide bonds. The monoisotopic (exact) mass is 283 g/mol. The van der Waals surface area contributed by atoms with E-state index in [0.29, 0.717) is 12.1 Å². The Bertz CT molecular complexity index is 597. The topological polar surface area (TPSA) is 38.2 Å². The van der Waals surface area contributed by atoms with Gasteiger partial charge < -0.3 is 4.74 Å². The maximum atomic E-state index is 5.00. The summed E-state index contributed by atoms with van der Waals surface area (Å²) in [5.74, 6) is 0. The molecule has 1 atom stereocenters. The lowest BCUT2D eigenvalue weighted by molar-refractivity contribution is 0.212. The second kappa shape index (κ2) is 6.22. The Balaban J connectivity index is 1.75. The molecule has 1 aliphatic rings. The molecule has 0 spiro atoms. The van der Waals surface area contributed by atoms with Crippen LogP contribution in [0.1, 0.15) is 35.6 Å². The van der Waals surface area contributed by atoms with Crippen LogP contribution in [0.25, 0.3) is 0 Å². The summed E-state index contributed by atoms with van der Waals surface area (Å²) in [7, 11) is 3.76. The van der Waals surface area contributed by atoms with Crippen molar-refractivity contribution in [2.75, 3.05) is 14.2 Å². The Kier molecular flexibility index (Phi) is 4.15. The van der Waals surface area contributed by atoms with E-state index in [4.69, 9.17) is 4.74 Å². The zero-order chi connectivity index (χ0) is 14.7. The molecule has 4 heteroatoms. The van der Waals surface area contributed by atoms with Gasteiger partial charge in [0.2, 0.25) is 0 Å². The number of hydrogen-bond acceptors (Lipinski definition) is 4. The fourth-order valence-corrected chi connectivity index (χ4v) is 3.11. The first kappa shape index (κ1) is 14.0. The highest BCUT2D eigenvalue weighted by Crippen LogP contribution is 2.33. The van der Waals surface area contributed by atoms with Gasteiger partial charge in [0.25, 0.3) is 0 Å². The Hall–Kier alpha value is -1.94. The van der Waals surface area contributed by atoms with Crippen LogP contribution in [-0.2, 0) is 13.0 Å². The summed E-state index contributed by atoms with van der Waals surface area (Å²) < 4.78 is 5.00. The van der Waals surface area contributed by atoms with Gasteiger partial charge in [-0.3, -0.25) is 4.90 Å². The molecule has 0 radical (unpaired) electrons. The van der Waals surface area contributed by atoms with Crippen molar-refractivity contribution < 1.29 is 4.74 Å². The minimum Gasteiger partial charge on any atom is -0.467 e. The molecule has 0 aliphatic heterocycles. The zero-order valence-corrected chi connectivity index (χ0v) is 12.6. The Morgan fingerprint density at radius 3 is 2.76 bits per heavy atom. The van der Waals surface area contributed by atoms with Crippen LogP contribution in [0.5, 0.6) is 6.01 Å². The van der Waals surface area contributed by atoms with Crippen molar-refractivity contribution in [2.45, 2.75) is 31.8 Å². The maximum Gasteiger partial charge on any atom is 0.316 e. The number of nitrogens with zero attached hydrogens (tertiary/aromatic N) is 3. The number of ether oxygens (including phenoxy) is 1. The molecule has 1 aromatic carbocycles. The van der Waals surface area contributed by atoms with E-state index in [0.717, 1.165) is 12.1 Å². The van der Waals surface area contributed by atoms with Crippen LogP contribution in [0.3, 0.4) is 0 Å². The van der Waals surface area contributed by atoms with E-state index in [-0.39, 0.29) is 0 Å². The normalized spacial score (nSPS) is 17.6. The number of aryl methyl sites for hydroxylation is 1. The van der Waals surface area contributed by atoms with Crippen LogP contribution < -0.4 is 4.74 Å². The molecule has 2 aromatic rings. The first-order chi connectivity index (χ1) is 10.3. The quantitative estimate of drug-likeness (QED) is 0.864. The van der Waals surface area contributed by atoms with Crippen molar-refractivity contribution >= 4 is 0 Å². The van der Waals surface area contributed by atoms with E-state index in [1.54, 1.807) is 7.11 Å². The summed E-state index contributed by atoms with van der Waals surface area (Å²) in [6.07, 6.45) is 7.36. The van der Waals surface area contributed by atoms with Crippen LogP contribution in [0.15, 0.2) is 36.7 Å². The number of rotatable bonds is 4. The number of benzene rings is 1. The number of hydrogen-bond donors (Lipinski definition) is 0. The van der Waals surface area contributed by atoms with Gasteiger partial charge in [0.1, 0.15) is 0 Å². The summed E-state index contributed by atoms with van der Waals surface area (Å²) in [6, 6.07) is 9.70. The van der Waals surface area contributed by atoms with Crippen molar-refractivity contribution in [1.82, 2.24) is 14.9 Å². The van der Waals surface area contributed by atoms with Crippen molar-refractivity contribution in [3.63, 3.8) is 0 Å². The van der Waals surface area contributed by atoms with E-state index in [2.05, 4.69) is 46.2 Å². The third-order valence-corrected chi connectivity index (χ3v) is 4.17. The molecular weight excluding hydrogens is 262 g/mol. The third-order valence-electron chi connectivity index (χ3n) is 4.17. The van der Waals surface area contributed by atoms with Gasteiger partial charge in [-0.15, -0.1) is 0 Å². The smallest absolute Gasteiger partial charge is 0.316 e. The summed E-state index contributed by atoms with van der Waals surface area (Å²) in [6.45, 7) is 0.850. The second-order valence-electron chi connectivity index (χ2n) is 5.60. The van der Waals surface area contributed by atoms with Crippen molar-refractivity contribution in [3.8, 4) is 6.01 Å². The van der Waals surface area contributed by atoms with Crippen LogP contribution >= 0.6 is 0 Å². The van der Waals surface area contributed by atoms with Gasteiger partial charge in [-0.2, -0.15) is 0 Å². The zero-order valence-electron chi connectivity index (χ0n) is 12.6. The van der Waals surface area contributed by atoms with Crippen LogP contribution in [0.2, 0.25) is 0 Å². The molecular formula is C17H21N3O. The van der Waals surface area contributed by atoms with E-state index in [1.165, 1.54) is 30.4 Å². The molecule has 0 bridgehead atoms. The van der Waals surface area contributed by atoms with E-state index >= 15 is 0 Å². The first-order valence-corrected chi connectivity index (χ1v) is 7.41. The molecule has 110 valence electrons. The minimum absolute atomic E-state index is 0.421. The molecule has 1 heterocycles. The molecule has 21 heavy (non-hydrogen) atoms. The van der Waals surface area contributed by atoms with Gasteiger partial charge in [0.15, 0.2) is 0 Å². The van der Waals surface area contributed by atoms with Gasteiger partial charge in [0.05, 0.1) is 7.11 Å². The van der Waals surface area contributed by atoms with Crippen LogP contribution in [0, 0.1) is 0 Å².